The molecule has 0 radical (unpaired) electrons. The maximum absolute atomic E-state index is 5.95. The number of rotatable bonds is 6. The van der Waals surface area contributed by atoms with Gasteiger partial charge in [0.15, 0.2) is 0 Å². The van der Waals surface area contributed by atoms with Crippen molar-refractivity contribution in [2.24, 2.45) is 17.6 Å². The summed E-state index contributed by atoms with van der Waals surface area (Å²) < 4.78 is 0. The molecule has 2 aliphatic heterocycles. The number of piperidine rings is 1. The van der Waals surface area contributed by atoms with Gasteiger partial charge in [-0.1, -0.05) is 20.3 Å². The van der Waals surface area contributed by atoms with Crippen molar-refractivity contribution in [2.45, 2.75) is 65.0 Å². The smallest absolute Gasteiger partial charge is 0.0223 e. The van der Waals surface area contributed by atoms with Crippen molar-refractivity contribution in [3.63, 3.8) is 0 Å². The number of hydrogen-bond donors (Lipinski definition) is 1. The van der Waals surface area contributed by atoms with E-state index in [0.29, 0.717) is 5.92 Å². The highest BCUT2D eigenvalue weighted by molar-refractivity contribution is 4.89. The number of nitrogens with zero attached hydrogens (tertiary/aromatic N) is 2. The van der Waals surface area contributed by atoms with E-state index >= 15 is 0 Å². The lowest BCUT2D eigenvalue weighted by molar-refractivity contribution is 0.0126. The minimum Gasteiger partial charge on any atom is -0.330 e. The molecule has 0 aromatic rings. The monoisotopic (exact) mass is 281 g/mol. The molecule has 2 rings (SSSR count). The summed E-state index contributed by atoms with van der Waals surface area (Å²) in [6.45, 7) is 13.0. The third kappa shape index (κ3) is 4.44. The number of fused-ring (bicyclic) bond motifs is 1. The summed E-state index contributed by atoms with van der Waals surface area (Å²) in [5.41, 5.74) is 5.95. The zero-order valence-electron chi connectivity index (χ0n) is 13.9. The molecule has 0 aromatic carbocycles. The van der Waals surface area contributed by atoms with Gasteiger partial charge in [-0.2, -0.15) is 0 Å². The van der Waals surface area contributed by atoms with Crippen molar-refractivity contribution in [1.82, 2.24) is 9.80 Å². The van der Waals surface area contributed by atoms with E-state index in [2.05, 4.69) is 30.6 Å². The van der Waals surface area contributed by atoms with Crippen LogP contribution >= 0.6 is 0 Å². The van der Waals surface area contributed by atoms with Gasteiger partial charge in [-0.05, 0) is 64.1 Å². The first-order valence-electron chi connectivity index (χ1n) is 8.78. The molecular weight excluding hydrogens is 246 g/mol. The summed E-state index contributed by atoms with van der Waals surface area (Å²) in [5, 5.41) is 0. The van der Waals surface area contributed by atoms with E-state index in [1.165, 1.54) is 58.3 Å². The number of nitrogens with two attached hydrogens (primary N) is 1. The van der Waals surface area contributed by atoms with Gasteiger partial charge in [0.2, 0.25) is 0 Å². The first-order valence-corrected chi connectivity index (χ1v) is 8.78. The Bertz CT molecular complexity index is 279. The second-order valence-electron chi connectivity index (χ2n) is 7.51. The van der Waals surface area contributed by atoms with Gasteiger partial charge in [0.05, 0.1) is 0 Å². The van der Waals surface area contributed by atoms with Crippen LogP contribution in [-0.4, -0.2) is 54.6 Å². The van der Waals surface area contributed by atoms with Crippen LogP contribution in [-0.2, 0) is 0 Å². The van der Waals surface area contributed by atoms with E-state index in [4.69, 9.17) is 5.73 Å². The number of piperazine rings is 1. The van der Waals surface area contributed by atoms with Crippen molar-refractivity contribution in [3.05, 3.63) is 0 Å². The molecule has 2 fully saturated rings. The molecule has 2 heterocycles. The lowest BCUT2D eigenvalue weighted by atomic mass is 9.92. The average Bonchev–Trinajstić information content (AvgIpc) is 2.43. The van der Waals surface area contributed by atoms with Crippen LogP contribution in [0, 0.1) is 11.8 Å². The fourth-order valence-electron chi connectivity index (χ4n) is 4.07. The molecule has 0 saturated carbocycles. The highest BCUT2D eigenvalue weighted by Crippen LogP contribution is 2.25. The van der Waals surface area contributed by atoms with E-state index in [0.717, 1.165) is 24.5 Å². The van der Waals surface area contributed by atoms with Crippen LogP contribution in [0.5, 0.6) is 0 Å². The molecule has 3 nitrogen and oxygen atoms in total. The van der Waals surface area contributed by atoms with Crippen LogP contribution in [0.15, 0.2) is 0 Å². The van der Waals surface area contributed by atoms with Crippen LogP contribution in [0.25, 0.3) is 0 Å². The zero-order valence-corrected chi connectivity index (χ0v) is 13.9. The Kier molecular flexibility index (Phi) is 6.31. The lowest BCUT2D eigenvalue weighted by Crippen LogP contribution is -2.58. The van der Waals surface area contributed by atoms with Crippen molar-refractivity contribution in [3.8, 4) is 0 Å². The minimum absolute atomic E-state index is 0.714. The van der Waals surface area contributed by atoms with E-state index in [1.54, 1.807) is 0 Å². The van der Waals surface area contributed by atoms with E-state index in [-0.39, 0.29) is 0 Å². The summed E-state index contributed by atoms with van der Waals surface area (Å²) >= 11 is 0. The van der Waals surface area contributed by atoms with Crippen molar-refractivity contribution < 1.29 is 0 Å². The molecule has 0 spiro atoms. The van der Waals surface area contributed by atoms with Crippen LogP contribution in [0.3, 0.4) is 0 Å². The maximum atomic E-state index is 5.95. The zero-order chi connectivity index (χ0) is 14.5. The van der Waals surface area contributed by atoms with Crippen molar-refractivity contribution in [2.75, 3.05) is 32.7 Å². The molecule has 2 saturated heterocycles. The Balaban J connectivity index is 1.79. The minimum atomic E-state index is 0.714. The molecule has 0 aromatic heterocycles. The summed E-state index contributed by atoms with van der Waals surface area (Å²) in [5.74, 6) is 1.49. The SMILES string of the molecule is CC(C)CC(CN)CCN1CC2CCCCN2CC1C. The van der Waals surface area contributed by atoms with Gasteiger partial charge in [0.25, 0.3) is 0 Å². The Morgan fingerprint density at radius 1 is 1.20 bits per heavy atom. The molecule has 2 aliphatic rings. The van der Waals surface area contributed by atoms with Crippen LogP contribution in [0.2, 0.25) is 0 Å². The largest absolute Gasteiger partial charge is 0.330 e. The lowest BCUT2D eigenvalue weighted by Gasteiger charge is -2.47. The Morgan fingerprint density at radius 2 is 2.00 bits per heavy atom. The van der Waals surface area contributed by atoms with Gasteiger partial charge in [-0.3, -0.25) is 9.80 Å². The van der Waals surface area contributed by atoms with Gasteiger partial charge in [0.1, 0.15) is 0 Å². The Hall–Kier alpha value is -0.120. The van der Waals surface area contributed by atoms with Gasteiger partial charge in [0, 0.05) is 25.2 Å². The summed E-state index contributed by atoms with van der Waals surface area (Å²) in [6.07, 6.45) is 6.82. The first kappa shape index (κ1) is 16.3. The Labute approximate surface area is 125 Å². The fourth-order valence-corrected chi connectivity index (χ4v) is 4.07. The molecular formula is C17H35N3. The first-order chi connectivity index (χ1) is 9.60. The van der Waals surface area contributed by atoms with Gasteiger partial charge in [-0.25, -0.2) is 0 Å². The fraction of sp³-hybridized carbons (Fsp3) is 1.00. The van der Waals surface area contributed by atoms with Gasteiger partial charge >= 0.3 is 0 Å². The third-order valence-electron chi connectivity index (χ3n) is 5.28. The summed E-state index contributed by atoms with van der Waals surface area (Å²) in [6, 6.07) is 1.56. The van der Waals surface area contributed by atoms with Crippen LogP contribution < -0.4 is 5.73 Å². The van der Waals surface area contributed by atoms with Gasteiger partial charge in [-0.15, -0.1) is 0 Å². The van der Waals surface area contributed by atoms with E-state index in [1.807, 2.05) is 0 Å². The predicted molar refractivity (Wildman–Crippen MR) is 86.9 cm³/mol. The average molecular weight is 281 g/mol. The van der Waals surface area contributed by atoms with E-state index in [9.17, 15) is 0 Å². The molecule has 3 atom stereocenters. The molecule has 0 bridgehead atoms. The molecule has 118 valence electrons. The predicted octanol–water partition coefficient (Wildman–Crippen LogP) is 2.56. The molecule has 2 N–H and O–H groups in total. The Morgan fingerprint density at radius 3 is 2.70 bits per heavy atom. The van der Waals surface area contributed by atoms with Crippen molar-refractivity contribution >= 4 is 0 Å². The summed E-state index contributed by atoms with van der Waals surface area (Å²) in [7, 11) is 0. The molecule has 3 heteroatoms. The molecule has 20 heavy (non-hydrogen) atoms. The maximum Gasteiger partial charge on any atom is 0.0223 e. The third-order valence-corrected chi connectivity index (χ3v) is 5.28. The van der Waals surface area contributed by atoms with Gasteiger partial charge < -0.3 is 5.73 Å². The normalized spacial score (nSPS) is 30.4. The topological polar surface area (TPSA) is 32.5 Å². The van der Waals surface area contributed by atoms with Crippen molar-refractivity contribution in [1.29, 1.82) is 0 Å². The highest BCUT2D eigenvalue weighted by atomic mass is 15.3. The standard InChI is InChI=1S/C17H35N3/c1-14(2)10-16(11-18)7-9-19-13-17-6-4-5-8-20(17)12-15(19)3/h14-17H,4-13,18H2,1-3H3. The number of hydrogen-bond acceptors (Lipinski definition) is 3. The molecule has 3 unspecified atom stereocenters. The van der Waals surface area contributed by atoms with E-state index < -0.39 is 0 Å². The highest BCUT2D eigenvalue weighted by Gasteiger charge is 2.32. The quantitative estimate of drug-likeness (QED) is 0.812. The molecule has 0 amide bonds. The summed E-state index contributed by atoms with van der Waals surface area (Å²) in [4.78, 5) is 5.47. The second-order valence-corrected chi connectivity index (χ2v) is 7.51. The van der Waals surface area contributed by atoms with Crippen LogP contribution in [0.1, 0.15) is 52.9 Å². The second kappa shape index (κ2) is 7.77. The molecule has 0 aliphatic carbocycles. The van der Waals surface area contributed by atoms with Crippen LogP contribution in [0.4, 0.5) is 0 Å².